The normalized spacial score (nSPS) is 19.1. The summed E-state index contributed by atoms with van der Waals surface area (Å²) >= 11 is 1.34. The Hall–Kier alpha value is -1.70. The highest BCUT2D eigenvalue weighted by Gasteiger charge is 2.24. The lowest BCUT2D eigenvalue weighted by Gasteiger charge is -2.32. The zero-order chi connectivity index (χ0) is 13.8. The fourth-order valence-corrected chi connectivity index (χ4v) is 2.67. The van der Waals surface area contributed by atoms with E-state index in [2.05, 4.69) is 20.8 Å². The number of carbonyl (C=O) groups is 2. The maximum Gasteiger partial charge on any atom is 0.323 e. The van der Waals surface area contributed by atoms with Gasteiger partial charge in [0.2, 0.25) is 11.0 Å². The van der Waals surface area contributed by atoms with Gasteiger partial charge < -0.3 is 10.2 Å². The molecular weight excluding hydrogens is 266 g/mol. The summed E-state index contributed by atoms with van der Waals surface area (Å²) in [5.41, 5.74) is 0. The molecule has 1 aliphatic rings. The van der Waals surface area contributed by atoms with Crippen LogP contribution in [0.3, 0.4) is 0 Å². The molecule has 1 saturated heterocycles. The third kappa shape index (κ3) is 3.88. The number of amides is 3. The number of rotatable bonds is 2. The molecule has 0 bridgehead atoms. The van der Waals surface area contributed by atoms with Crippen LogP contribution in [0.1, 0.15) is 24.8 Å². The molecule has 7 nitrogen and oxygen atoms in total. The summed E-state index contributed by atoms with van der Waals surface area (Å²) in [6.45, 7) is 4.55. The Labute approximate surface area is 115 Å². The smallest absolute Gasteiger partial charge is 0.323 e. The van der Waals surface area contributed by atoms with Crippen LogP contribution in [-0.4, -0.2) is 46.2 Å². The molecule has 8 heteroatoms. The Balaban J connectivity index is 1.89. The largest absolute Gasteiger partial charge is 0.352 e. The van der Waals surface area contributed by atoms with Gasteiger partial charge in [0.05, 0.1) is 0 Å². The molecule has 0 aromatic carbocycles. The minimum atomic E-state index is -0.189. The van der Waals surface area contributed by atoms with Gasteiger partial charge >= 0.3 is 6.03 Å². The van der Waals surface area contributed by atoms with Crippen LogP contribution in [0.15, 0.2) is 0 Å². The van der Waals surface area contributed by atoms with Crippen molar-refractivity contribution in [1.82, 2.24) is 20.4 Å². The lowest BCUT2D eigenvalue weighted by atomic mass is 10.1. The predicted molar refractivity (Wildman–Crippen MR) is 72.1 cm³/mol. The summed E-state index contributed by atoms with van der Waals surface area (Å²) in [7, 11) is 0. The average molecular weight is 283 g/mol. The Kier molecular flexibility index (Phi) is 4.31. The summed E-state index contributed by atoms with van der Waals surface area (Å²) in [5, 5.41) is 14.6. The first-order chi connectivity index (χ1) is 9.04. The van der Waals surface area contributed by atoms with Crippen molar-refractivity contribution in [1.29, 1.82) is 0 Å². The standard InChI is InChI=1S/C11H17N5O2S/c1-7(17)12-9-4-3-5-16(6-9)11(18)13-10-15-14-8(2)19-10/h9H,3-6H2,1-2H3,(H,12,17)(H,13,15,18). The van der Waals surface area contributed by atoms with E-state index >= 15 is 0 Å². The number of aromatic nitrogens is 2. The van der Waals surface area contributed by atoms with E-state index in [1.165, 1.54) is 18.3 Å². The van der Waals surface area contributed by atoms with Crippen molar-refractivity contribution in [3.05, 3.63) is 5.01 Å². The van der Waals surface area contributed by atoms with E-state index in [-0.39, 0.29) is 18.0 Å². The lowest BCUT2D eigenvalue weighted by molar-refractivity contribution is -0.119. The van der Waals surface area contributed by atoms with Crippen molar-refractivity contribution in [2.24, 2.45) is 0 Å². The number of aryl methyl sites for hydroxylation is 1. The van der Waals surface area contributed by atoms with Crippen LogP contribution in [0.25, 0.3) is 0 Å². The second-order valence-electron chi connectivity index (χ2n) is 4.54. The van der Waals surface area contributed by atoms with Crippen molar-refractivity contribution in [3.8, 4) is 0 Å². The van der Waals surface area contributed by atoms with Crippen molar-refractivity contribution in [3.63, 3.8) is 0 Å². The molecule has 0 aliphatic carbocycles. The van der Waals surface area contributed by atoms with Crippen LogP contribution >= 0.6 is 11.3 Å². The Morgan fingerprint density at radius 3 is 2.84 bits per heavy atom. The lowest BCUT2D eigenvalue weighted by Crippen LogP contribution is -2.50. The van der Waals surface area contributed by atoms with Crippen molar-refractivity contribution < 1.29 is 9.59 Å². The van der Waals surface area contributed by atoms with E-state index < -0.39 is 0 Å². The number of likely N-dealkylation sites (tertiary alicyclic amines) is 1. The topological polar surface area (TPSA) is 87.2 Å². The van der Waals surface area contributed by atoms with Gasteiger partial charge in [0.25, 0.3) is 0 Å². The molecule has 2 rings (SSSR count). The monoisotopic (exact) mass is 283 g/mol. The number of anilines is 1. The molecule has 2 N–H and O–H groups in total. The molecule has 1 unspecified atom stereocenters. The van der Waals surface area contributed by atoms with E-state index in [0.717, 1.165) is 17.8 Å². The molecule has 2 heterocycles. The van der Waals surface area contributed by atoms with Crippen molar-refractivity contribution in [2.45, 2.75) is 32.7 Å². The number of hydrogen-bond donors (Lipinski definition) is 2. The Morgan fingerprint density at radius 1 is 1.42 bits per heavy atom. The van der Waals surface area contributed by atoms with Gasteiger partial charge in [0.15, 0.2) is 0 Å². The van der Waals surface area contributed by atoms with Gasteiger partial charge in [0, 0.05) is 26.1 Å². The minimum Gasteiger partial charge on any atom is -0.352 e. The number of nitrogens with zero attached hydrogens (tertiary/aromatic N) is 3. The van der Waals surface area contributed by atoms with Crippen molar-refractivity contribution in [2.75, 3.05) is 18.4 Å². The molecule has 1 aromatic heterocycles. The van der Waals surface area contributed by atoms with Crippen LogP contribution < -0.4 is 10.6 Å². The molecule has 19 heavy (non-hydrogen) atoms. The first-order valence-electron chi connectivity index (χ1n) is 6.17. The zero-order valence-electron chi connectivity index (χ0n) is 11.0. The molecule has 3 amide bonds. The van der Waals surface area contributed by atoms with E-state index in [1.54, 1.807) is 4.90 Å². The molecule has 0 radical (unpaired) electrons. The SMILES string of the molecule is CC(=O)NC1CCCN(C(=O)Nc2nnc(C)s2)C1. The maximum atomic E-state index is 12.0. The van der Waals surface area contributed by atoms with E-state index in [9.17, 15) is 9.59 Å². The summed E-state index contributed by atoms with van der Waals surface area (Å²) in [6, 6.07) is -0.153. The first-order valence-corrected chi connectivity index (χ1v) is 6.99. The molecule has 0 spiro atoms. The average Bonchev–Trinajstić information content (AvgIpc) is 2.74. The minimum absolute atomic E-state index is 0.0353. The molecule has 0 saturated carbocycles. The fraction of sp³-hybridized carbons (Fsp3) is 0.636. The maximum absolute atomic E-state index is 12.0. The molecule has 1 atom stereocenters. The number of nitrogens with one attached hydrogen (secondary N) is 2. The molecule has 1 aliphatic heterocycles. The van der Waals surface area contributed by atoms with Crippen LogP contribution in [0.4, 0.5) is 9.93 Å². The second kappa shape index (κ2) is 5.96. The Bertz CT molecular complexity index is 475. The second-order valence-corrected chi connectivity index (χ2v) is 5.72. The number of carbonyl (C=O) groups excluding carboxylic acids is 2. The molecule has 1 aromatic rings. The number of hydrogen-bond acceptors (Lipinski definition) is 5. The van der Waals surface area contributed by atoms with Crippen LogP contribution in [0.5, 0.6) is 0 Å². The summed E-state index contributed by atoms with van der Waals surface area (Å²) in [5.74, 6) is -0.0630. The number of piperidine rings is 1. The van der Waals surface area contributed by atoms with E-state index in [1.807, 2.05) is 6.92 Å². The van der Waals surface area contributed by atoms with Crippen LogP contribution in [-0.2, 0) is 4.79 Å². The van der Waals surface area contributed by atoms with Gasteiger partial charge in [-0.1, -0.05) is 11.3 Å². The van der Waals surface area contributed by atoms with Gasteiger partial charge in [-0.05, 0) is 19.8 Å². The molecule has 1 fully saturated rings. The van der Waals surface area contributed by atoms with E-state index in [0.29, 0.717) is 18.2 Å². The van der Waals surface area contributed by atoms with Crippen molar-refractivity contribution >= 4 is 28.4 Å². The van der Waals surface area contributed by atoms with Gasteiger partial charge in [-0.2, -0.15) is 0 Å². The fourth-order valence-electron chi connectivity index (χ4n) is 2.08. The summed E-state index contributed by atoms with van der Waals surface area (Å²) in [6.07, 6.45) is 1.79. The van der Waals surface area contributed by atoms with Gasteiger partial charge in [-0.25, -0.2) is 4.79 Å². The van der Waals surface area contributed by atoms with Gasteiger partial charge in [0.1, 0.15) is 5.01 Å². The van der Waals surface area contributed by atoms with E-state index in [4.69, 9.17) is 0 Å². The highest BCUT2D eigenvalue weighted by atomic mass is 32.1. The third-order valence-electron chi connectivity index (χ3n) is 2.86. The summed E-state index contributed by atoms with van der Waals surface area (Å²) in [4.78, 5) is 24.8. The van der Waals surface area contributed by atoms with Crippen LogP contribution in [0, 0.1) is 6.92 Å². The first kappa shape index (κ1) is 13.7. The van der Waals surface area contributed by atoms with Gasteiger partial charge in [-0.3, -0.25) is 10.1 Å². The van der Waals surface area contributed by atoms with Crippen LogP contribution in [0.2, 0.25) is 0 Å². The van der Waals surface area contributed by atoms with Gasteiger partial charge in [-0.15, -0.1) is 10.2 Å². The highest BCUT2D eigenvalue weighted by molar-refractivity contribution is 7.15. The zero-order valence-corrected chi connectivity index (χ0v) is 11.8. The Morgan fingerprint density at radius 2 is 2.21 bits per heavy atom. The number of urea groups is 1. The molecule has 104 valence electrons. The summed E-state index contributed by atoms with van der Waals surface area (Å²) < 4.78 is 0. The highest BCUT2D eigenvalue weighted by Crippen LogP contribution is 2.16. The third-order valence-corrected chi connectivity index (χ3v) is 3.61. The predicted octanol–water partition coefficient (Wildman–Crippen LogP) is 0.979. The quantitative estimate of drug-likeness (QED) is 0.847. The molecular formula is C11H17N5O2S.